The second kappa shape index (κ2) is 12.1. The fourth-order valence-corrected chi connectivity index (χ4v) is 4.96. The normalized spacial score (nSPS) is 14.7. The maximum absolute atomic E-state index is 15.9. The van der Waals surface area contributed by atoms with Crippen molar-refractivity contribution in [1.82, 2.24) is 0 Å². The summed E-state index contributed by atoms with van der Waals surface area (Å²) in [5, 5.41) is -2.87. The number of carbonyl (C=O) groups excluding carboxylic acids is 1. The van der Waals surface area contributed by atoms with Crippen molar-refractivity contribution in [3.05, 3.63) is 28.8 Å². The molecule has 7 nitrogen and oxygen atoms in total. The average molecular weight is 505 g/mol. The van der Waals surface area contributed by atoms with Gasteiger partial charge in [-0.15, -0.1) is 0 Å². The molecule has 1 aromatic rings. The molecule has 0 heterocycles. The summed E-state index contributed by atoms with van der Waals surface area (Å²) in [5.74, 6) is -0.385. The highest BCUT2D eigenvalue weighted by molar-refractivity contribution is 7.56. The van der Waals surface area contributed by atoms with Gasteiger partial charge in [0.05, 0.1) is 26.4 Å². The van der Waals surface area contributed by atoms with E-state index in [-0.39, 0.29) is 25.6 Å². The van der Waals surface area contributed by atoms with Gasteiger partial charge in [0.1, 0.15) is 5.75 Å². The number of carbonyl (C=O) groups is 1. The average Bonchev–Trinajstić information content (AvgIpc) is 2.71. The van der Waals surface area contributed by atoms with E-state index in [1.165, 1.54) is 0 Å². The number of Topliss-reactive ketones (excluding diaryl/α,β-unsaturated/α-hetero) is 1. The number of hydrogen-bond acceptors (Lipinski definition) is 7. The van der Waals surface area contributed by atoms with Crippen LogP contribution in [0.25, 0.3) is 0 Å². The molecule has 0 aliphatic rings. The maximum atomic E-state index is 15.9. The number of methoxy groups -OCH3 is 1. The van der Waals surface area contributed by atoms with Crippen LogP contribution in [0.1, 0.15) is 83.8 Å². The number of hydrogen-bond donors (Lipinski definition) is 0. The van der Waals surface area contributed by atoms with Crippen molar-refractivity contribution >= 4 is 13.4 Å². The SMILES string of the molecule is CCOP(=O)(OCC)C(C)(F)C(=O)c1cc(C(C)(C)C)c(OCOCCOC)c(C(C)(C)C)c1. The van der Waals surface area contributed by atoms with Gasteiger partial charge in [-0.3, -0.25) is 9.36 Å². The predicted octanol–water partition coefficient (Wildman–Crippen LogP) is 6.42. The van der Waals surface area contributed by atoms with Gasteiger partial charge in [0.15, 0.2) is 6.79 Å². The monoisotopic (exact) mass is 504 g/mol. The molecule has 0 aliphatic heterocycles. The Morgan fingerprint density at radius 3 is 1.76 bits per heavy atom. The van der Waals surface area contributed by atoms with Gasteiger partial charge >= 0.3 is 7.60 Å². The fourth-order valence-electron chi connectivity index (χ4n) is 3.34. The third-order valence-electron chi connectivity index (χ3n) is 5.21. The first-order chi connectivity index (χ1) is 15.6. The molecule has 1 unspecified atom stereocenters. The van der Waals surface area contributed by atoms with Gasteiger partial charge in [0, 0.05) is 23.8 Å². The summed E-state index contributed by atoms with van der Waals surface area (Å²) in [7, 11) is -2.79. The molecule has 1 atom stereocenters. The smallest absolute Gasteiger partial charge is 0.375 e. The van der Waals surface area contributed by atoms with E-state index in [1.54, 1.807) is 33.1 Å². The quantitative estimate of drug-likeness (QED) is 0.133. The Balaban J connectivity index is 3.66. The van der Waals surface area contributed by atoms with E-state index in [2.05, 4.69) is 0 Å². The van der Waals surface area contributed by atoms with Crippen LogP contribution in [0.3, 0.4) is 0 Å². The lowest BCUT2D eigenvalue weighted by molar-refractivity contribution is -0.00992. The standard InChI is InChI=1S/C25H42FO7P/c1-11-32-34(28,33-12-2)25(9,26)22(27)18-15-19(23(3,4)5)21(20(16-18)24(6,7)8)31-17-30-14-13-29-10/h15-16H,11-14,17H2,1-10H3. The molecular weight excluding hydrogens is 462 g/mol. The molecule has 0 radical (unpaired) electrons. The number of halogens is 1. The molecule has 0 bridgehead atoms. The van der Waals surface area contributed by atoms with Crippen molar-refractivity contribution < 1.29 is 37.0 Å². The predicted molar refractivity (Wildman–Crippen MR) is 132 cm³/mol. The third-order valence-corrected chi connectivity index (χ3v) is 7.64. The summed E-state index contributed by atoms with van der Waals surface area (Å²) < 4.78 is 56.0. The first-order valence-electron chi connectivity index (χ1n) is 11.6. The number of ether oxygens (including phenoxy) is 3. The van der Waals surface area contributed by atoms with Crippen LogP contribution in [0.2, 0.25) is 0 Å². The zero-order chi connectivity index (χ0) is 26.4. The number of rotatable bonds is 13. The molecular formula is C25H42FO7P. The van der Waals surface area contributed by atoms with E-state index < -0.39 is 29.6 Å². The van der Waals surface area contributed by atoms with Gasteiger partial charge in [-0.25, -0.2) is 4.39 Å². The van der Waals surface area contributed by atoms with Crippen LogP contribution in [-0.2, 0) is 33.9 Å². The second-order valence-corrected chi connectivity index (χ2v) is 12.5. The van der Waals surface area contributed by atoms with E-state index in [9.17, 15) is 9.36 Å². The minimum absolute atomic E-state index is 0.00643. The van der Waals surface area contributed by atoms with Crippen molar-refractivity contribution in [1.29, 1.82) is 0 Å². The second-order valence-electron chi connectivity index (χ2n) is 10.2. The van der Waals surface area contributed by atoms with Crippen LogP contribution in [0, 0.1) is 0 Å². The Bertz CT molecular complexity index is 824. The highest BCUT2D eigenvalue weighted by Gasteiger charge is 2.54. The van der Waals surface area contributed by atoms with Gasteiger partial charge in [-0.2, -0.15) is 0 Å². The van der Waals surface area contributed by atoms with Crippen LogP contribution >= 0.6 is 7.60 Å². The minimum Gasteiger partial charge on any atom is -0.467 e. The van der Waals surface area contributed by atoms with Crippen molar-refractivity contribution in [3.8, 4) is 5.75 Å². The highest BCUT2D eigenvalue weighted by atomic mass is 31.2. The molecule has 0 aromatic heterocycles. The Kier molecular flexibility index (Phi) is 10.9. The maximum Gasteiger partial charge on any atom is 0.375 e. The zero-order valence-corrected chi connectivity index (χ0v) is 23.3. The lowest BCUT2D eigenvalue weighted by Crippen LogP contribution is -2.33. The minimum atomic E-state index is -4.38. The molecule has 196 valence electrons. The summed E-state index contributed by atoms with van der Waals surface area (Å²) in [5.41, 5.74) is 0.587. The molecule has 0 fully saturated rings. The van der Waals surface area contributed by atoms with Gasteiger partial charge < -0.3 is 23.3 Å². The van der Waals surface area contributed by atoms with Gasteiger partial charge in [-0.1, -0.05) is 41.5 Å². The summed E-state index contributed by atoms with van der Waals surface area (Å²) in [4.78, 5) is 13.5. The van der Waals surface area contributed by atoms with Crippen LogP contribution in [-0.4, -0.2) is 51.5 Å². The zero-order valence-electron chi connectivity index (χ0n) is 22.4. The first-order valence-corrected chi connectivity index (χ1v) is 13.1. The molecule has 0 aliphatic carbocycles. The van der Waals surface area contributed by atoms with Crippen molar-refractivity contribution in [2.24, 2.45) is 0 Å². The van der Waals surface area contributed by atoms with Crippen LogP contribution in [0.5, 0.6) is 5.75 Å². The lowest BCUT2D eigenvalue weighted by atomic mass is 9.78. The van der Waals surface area contributed by atoms with Crippen molar-refractivity contribution in [3.63, 3.8) is 0 Å². The summed E-state index contributed by atoms with van der Waals surface area (Å²) >= 11 is 0. The number of benzene rings is 1. The number of ketones is 1. The van der Waals surface area contributed by atoms with Crippen LogP contribution in [0.4, 0.5) is 4.39 Å². The van der Waals surface area contributed by atoms with Crippen molar-refractivity contribution in [2.45, 2.75) is 78.6 Å². The number of alkyl halides is 1. The molecule has 1 rings (SSSR count). The molecule has 0 amide bonds. The lowest BCUT2D eigenvalue weighted by Gasteiger charge is -2.32. The highest BCUT2D eigenvalue weighted by Crippen LogP contribution is 2.62. The summed E-state index contributed by atoms with van der Waals surface area (Å²) in [6, 6.07) is 3.20. The molecule has 1 aromatic carbocycles. The molecule has 34 heavy (non-hydrogen) atoms. The van der Waals surface area contributed by atoms with E-state index >= 15 is 4.39 Å². The Labute approximate surface area is 204 Å². The summed E-state index contributed by atoms with van der Waals surface area (Å²) in [6.07, 6.45) is 0. The summed E-state index contributed by atoms with van der Waals surface area (Å²) in [6.45, 7) is 16.6. The van der Waals surface area contributed by atoms with Gasteiger partial charge in [0.25, 0.3) is 5.41 Å². The van der Waals surface area contributed by atoms with E-state index in [1.807, 2.05) is 41.5 Å². The molecule has 9 heteroatoms. The largest absolute Gasteiger partial charge is 0.467 e. The van der Waals surface area contributed by atoms with Crippen molar-refractivity contribution in [2.75, 3.05) is 40.3 Å². The van der Waals surface area contributed by atoms with Gasteiger partial charge in [-0.05, 0) is 43.7 Å². The first kappa shape index (κ1) is 30.7. The third kappa shape index (κ3) is 7.34. The molecule has 0 saturated carbocycles. The van der Waals surface area contributed by atoms with Crippen LogP contribution < -0.4 is 4.74 Å². The Hall–Kier alpha value is -1.31. The molecule has 0 spiro atoms. The Morgan fingerprint density at radius 2 is 1.38 bits per heavy atom. The fraction of sp³-hybridized carbons (Fsp3) is 0.720. The molecule has 0 N–H and O–H groups in total. The van der Waals surface area contributed by atoms with Gasteiger partial charge in [0.2, 0.25) is 5.78 Å². The van der Waals surface area contributed by atoms with Crippen LogP contribution in [0.15, 0.2) is 12.1 Å². The van der Waals surface area contributed by atoms with E-state index in [0.29, 0.717) is 30.1 Å². The Morgan fingerprint density at radius 1 is 0.912 bits per heavy atom. The molecule has 0 saturated heterocycles. The van der Waals surface area contributed by atoms with E-state index in [4.69, 9.17) is 23.3 Å². The van der Waals surface area contributed by atoms with E-state index in [0.717, 1.165) is 6.92 Å². The topological polar surface area (TPSA) is 80.3 Å².